The molecule has 0 radical (unpaired) electrons. The molecule has 0 saturated heterocycles. The summed E-state index contributed by atoms with van der Waals surface area (Å²) in [6.45, 7) is 9.86. The Bertz CT molecular complexity index is 221. The summed E-state index contributed by atoms with van der Waals surface area (Å²) in [6.07, 6.45) is 2.64. The maximum atomic E-state index is 11.6. The van der Waals surface area contributed by atoms with Gasteiger partial charge < -0.3 is 0 Å². The minimum atomic E-state index is -0.381. The molecule has 0 aromatic carbocycles. The molecule has 0 aromatic rings. The van der Waals surface area contributed by atoms with E-state index in [-0.39, 0.29) is 23.4 Å². The van der Waals surface area contributed by atoms with Crippen molar-refractivity contribution in [1.29, 1.82) is 0 Å². The quantitative estimate of drug-likeness (QED) is 0.632. The standard InChI is InChI=1S/C13H24O2/c1-10(2)7-6-8-11(14)9-12(15)13(3,4)5/h10H,6-9H2,1-5H3. The molecule has 0 aliphatic rings. The molecule has 0 aliphatic carbocycles. The van der Waals surface area contributed by atoms with Gasteiger partial charge in [-0.2, -0.15) is 0 Å². The highest BCUT2D eigenvalue weighted by molar-refractivity contribution is 6.01. The van der Waals surface area contributed by atoms with Gasteiger partial charge in [0.25, 0.3) is 0 Å². The lowest BCUT2D eigenvalue weighted by Crippen LogP contribution is -2.22. The van der Waals surface area contributed by atoms with E-state index in [2.05, 4.69) is 13.8 Å². The van der Waals surface area contributed by atoms with Crippen LogP contribution in [0.25, 0.3) is 0 Å². The largest absolute Gasteiger partial charge is 0.299 e. The summed E-state index contributed by atoms with van der Waals surface area (Å²) in [6, 6.07) is 0. The van der Waals surface area contributed by atoms with Gasteiger partial charge in [0.05, 0.1) is 6.42 Å². The number of ketones is 2. The van der Waals surface area contributed by atoms with Crippen molar-refractivity contribution in [2.24, 2.45) is 11.3 Å². The Hall–Kier alpha value is -0.660. The van der Waals surface area contributed by atoms with E-state index in [9.17, 15) is 9.59 Å². The second kappa shape index (κ2) is 6.04. The molecular formula is C13H24O2. The fourth-order valence-electron chi connectivity index (χ4n) is 1.24. The molecule has 0 aliphatic heterocycles. The number of hydrogen-bond acceptors (Lipinski definition) is 2. The fraction of sp³-hybridized carbons (Fsp3) is 0.846. The third-order valence-electron chi connectivity index (χ3n) is 2.43. The number of Topliss-reactive ketones (excluding diaryl/α,β-unsaturated/α-hetero) is 2. The monoisotopic (exact) mass is 212 g/mol. The van der Waals surface area contributed by atoms with Crippen LogP contribution in [-0.4, -0.2) is 11.6 Å². The zero-order valence-corrected chi connectivity index (χ0v) is 10.7. The first-order chi connectivity index (χ1) is 6.73. The minimum absolute atomic E-state index is 0.0528. The van der Waals surface area contributed by atoms with E-state index in [1.807, 2.05) is 20.8 Å². The van der Waals surface area contributed by atoms with Gasteiger partial charge in [-0.15, -0.1) is 0 Å². The van der Waals surface area contributed by atoms with E-state index in [4.69, 9.17) is 0 Å². The Balaban J connectivity index is 3.80. The smallest absolute Gasteiger partial charge is 0.145 e. The molecule has 0 heterocycles. The zero-order chi connectivity index (χ0) is 12.1. The minimum Gasteiger partial charge on any atom is -0.299 e. The van der Waals surface area contributed by atoms with E-state index < -0.39 is 0 Å². The molecule has 0 spiro atoms. The first-order valence-corrected chi connectivity index (χ1v) is 5.78. The van der Waals surface area contributed by atoms with Gasteiger partial charge in [-0.3, -0.25) is 9.59 Å². The van der Waals surface area contributed by atoms with Gasteiger partial charge >= 0.3 is 0 Å². The summed E-state index contributed by atoms with van der Waals surface area (Å²) in [5.41, 5.74) is -0.381. The summed E-state index contributed by atoms with van der Waals surface area (Å²) in [5.74, 6) is 0.781. The SMILES string of the molecule is CC(C)CCCC(=O)CC(=O)C(C)(C)C. The first-order valence-electron chi connectivity index (χ1n) is 5.78. The lowest BCUT2D eigenvalue weighted by Gasteiger charge is -2.15. The van der Waals surface area contributed by atoms with Crippen LogP contribution in [0.5, 0.6) is 0 Å². The fourth-order valence-corrected chi connectivity index (χ4v) is 1.24. The van der Waals surface area contributed by atoms with Gasteiger partial charge in [0.1, 0.15) is 11.6 Å². The van der Waals surface area contributed by atoms with Gasteiger partial charge in [0.15, 0.2) is 0 Å². The normalized spacial score (nSPS) is 11.9. The Morgan fingerprint density at radius 3 is 2.07 bits per heavy atom. The Morgan fingerprint density at radius 1 is 1.13 bits per heavy atom. The van der Waals surface area contributed by atoms with E-state index in [0.717, 1.165) is 12.8 Å². The molecule has 0 bridgehead atoms. The third kappa shape index (κ3) is 7.29. The van der Waals surface area contributed by atoms with E-state index in [0.29, 0.717) is 12.3 Å². The topological polar surface area (TPSA) is 34.1 Å². The van der Waals surface area contributed by atoms with Crippen LogP contribution in [0.3, 0.4) is 0 Å². The average molecular weight is 212 g/mol. The van der Waals surface area contributed by atoms with Crippen molar-refractivity contribution >= 4 is 11.6 Å². The van der Waals surface area contributed by atoms with Crippen LogP contribution in [-0.2, 0) is 9.59 Å². The maximum Gasteiger partial charge on any atom is 0.145 e. The van der Waals surface area contributed by atoms with Gasteiger partial charge in [-0.1, -0.05) is 41.0 Å². The van der Waals surface area contributed by atoms with Crippen LogP contribution in [0.1, 0.15) is 60.3 Å². The molecule has 2 nitrogen and oxygen atoms in total. The van der Waals surface area contributed by atoms with Crippen LogP contribution in [0.15, 0.2) is 0 Å². The Kier molecular flexibility index (Phi) is 5.77. The van der Waals surface area contributed by atoms with E-state index >= 15 is 0 Å². The highest BCUT2D eigenvalue weighted by atomic mass is 16.1. The molecule has 0 N–H and O–H groups in total. The number of hydrogen-bond donors (Lipinski definition) is 0. The second-order valence-electron chi connectivity index (χ2n) is 5.67. The average Bonchev–Trinajstić information content (AvgIpc) is 2.01. The van der Waals surface area contributed by atoms with Crippen molar-refractivity contribution < 1.29 is 9.59 Å². The molecule has 2 heteroatoms. The zero-order valence-electron chi connectivity index (χ0n) is 10.7. The van der Waals surface area contributed by atoms with Crippen LogP contribution in [0, 0.1) is 11.3 Å². The lowest BCUT2D eigenvalue weighted by atomic mass is 9.87. The third-order valence-corrected chi connectivity index (χ3v) is 2.43. The molecule has 0 saturated carbocycles. The Labute approximate surface area is 93.4 Å². The molecule has 0 unspecified atom stereocenters. The molecule has 0 atom stereocenters. The molecule has 0 amide bonds. The molecule has 15 heavy (non-hydrogen) atoms. The van der Waals surface area contributed by atoms with Crippen molar-refractivity contribution in [3.8, 4) is 0 Å². The highest BCUT2D eigenvalue weighted by Crippen LogP contribution is 2.18. The van der Waals surface area contributed by atoms with Gasteiger partial charge in [0.2, 0.25) is 0 Å². The van der Waals surface area contributed by atoms with Crippen LogP contribution < -0.4 is 0 Å². The van der Waals surface area contributed by atoms with Crippen molar-refractivity contribution in [3.63, 3.8) is 0 Å². The number of carbonyl (C=O) groups excluding carboxylic acids is 2. The van der Waals surface area contributed by atoms with Crippen molar-refractivity contribution in [3.05, 3.63) is 0 Å². The summed E-state index contributed by atoms with van der Waals surface area (Å²) in [4.78, 5) is 23.0. The first kappa shape index (κ1) is 14.3. The van der Waals surface area contributed by atoms with Crippen molar-refractivity contribution in [1.82, 2.24) is 0 Å². The van der Waals surface area contributed by atoms with Crippen molar-refractivity contribution in [2.45, 2.75) is 60.3 Å². The molecule has 0 rings (SSSR count). The molecule has 0 fully saturated rings. The lowest BCUT2D eigenvalue weighted by molar-refractivity contribution is -0.131. The summed E-state index contributed by atoms with van der Waals surface area (Å²) < 4.78 is 0. The Morgan fingerprint density at radius 2 is 1.67 bits per heavy atom. The maximum absolute atomic E-state index is 11.6. The molecule has 88 valence electrons. The predicted molar refractivity (Wildman–Crippen MR) is 62.8 cm³/mol. The molecule has 0 aromatic heterocycles. The number of carbonyl (C=O) groups is 2. The number of rotatable bonds is 6. The van der Waals surface area contributed by atoms with Crippen molar-refractivity contribution in [2.75, 3.05) is 0 Å². The molecular weight excluding hydrogens is 188 g/mol. The van der Waals surface area contributed by atoms with E-state index in [1.54, 1.807) is 0 Å². The second-order valence-corrected chi connectivity index (χ2v) is 5.67. The van der Waals surface area contributed by atoms with Gasteiger partial charge in [-0.05, 0) is 12.3 Å². The van der Waals surface area contributed by atoms with Crippen LogP contribution >= 0.6 is 0 Å². The van der Waals surface area contributed by atoms with E-state index in [1.165, 1.54) is 0 Å². The predicted octanol–water partition coefficient (Wildman–Crippen LogP) is 3.39. The highest BCUT2D eigenvalue weighted by Gasteiger charge is 2.23. The summed E-state index contributed by atoms with van der Waals surface area (Å²) in [7, 11) is 0. The van der Waals surface area contributed by atoms with Gasteiger partial charge in [0, 0.05) is 11.8 Å². The van der Waals surface area contributed by atoms with Crippen LogP contribution in [0.4, 0.5) is 0 Å². The van der Waals surface area contributed by atoms with Gasteiger partial charge in [-0.25, -0.2) is 0 Å². The summed E-state index contributed by atoms with van der Waals surface area (Å²) in [5, 5.41) is 0. The summed E-state index contributed by atoms with van der Waals surface area (Å²) >= 11 is 0. The van der Waals surface area contributed by atoms with Crippen LogP contribution in [0.2, 0.25) is 0 Å².